The van der Waals surface area contributed by atoms with Gasteiger partial charge in [-0.05, 0) is 6.92 Å². The molecule has 0 radical (unpaired) electrons. The predicted molar refractivity (Wildman–Crippen MR) is 46.1 cm³/mol. The highest BCUT2D eigenvalue weighted by molar-refractivity contribution is 5.83. The second-order valence-electron chi connectivity index (χ2n) is 2.83. The molecule has 0 spiro atoms. The minimum absolute atomic E-state index is 0.000267. The molecule has 0 aliphatic carbocycles. The van der Waals surface area contributed by atoms with Crippen molar-refractivity contribution in [3.05, 3.63) is 12.2 Å². The fourth-order valence-corrected chi connectivity index (χ4v) is 0.826. The number of nitrogens with one attached hydrogen (secondary N) is 1. The van der Waals surface area contributed by atoms with Crippen molar-refractivity contribution in [2.45, 2.75) is 26.3 Å². The molecule has 1 aromatic rings. The first-order valence-electron chi connectivity index (χ1n) is 4.20. The molecule has 1 rings (SSSR count). The van der Waals surface area contributed by atoms with Gasteiger partial charge >= 0.3 is 0 Å². The van der Waals surface area contributed by atoms with Gasteiger partial charge in [-0.25, -0.2) is 0 Å². The van der Waals surface area contributed by atoms with E-state index >= 15 is 0 Å². The first kappa shape index (κ1) is 10.4. The lowest BCUT2D eigenvalue weighted by atomic mass is 10.2. The topological polar surface area (TPSA) is 85.1 Å². The highest BCUT2D eigenvalue weighted by Gasteiger charge is 2.04. The third-order valence-corrected chi connectivity index (χ3v) is 1.55. The molecule has 6 nitrogen and oxygen atoms in total. The van der Waals surface area contributed by atoms with Crippen LogP contribution in [0.3, 0.4) is 0 Å². The van der Waals surface area contributed by atoms with Gasteiger partial charge in [0.25, 0.3) is 0 Å². The molecule has 0 atom stereocenters. The third kappa shape index (κ3) is 3.79. The third-order valence-electron chi connectivity index (χ3n) is 1.55. The van der Waals surface area contributed by atoms with Crippen molar-refractivity contribution in [2.24, 2.45) is 0 Å². The Morgan fingerprint density at radius 2 is 2.29 bits per heavy atom. The standard InChI is InChI=1S/C8H11N3O3/c1-6(12)2-3-8(13)9-4-7-10-5-14-11-7/h5H,2-4H2,1H3,(H,9,13). The molecule has 0 saturated carbocycles. The number of carbonyl (C=O) groups is 2. The first-order valence-corrected chi connectivity index (χ1v) is 4.20. The van der Waals surface area contributed by atoms with Crippen LogP contribution in [0.25, 0.3) is 0 Å². The Morgan fingerprint density at radius 3 is 2.86 bits per heavy atom. The summed E-state index contributed by atoms with van der Waals surface area (Å²) in [5.41, 5.74) is 0. The van der Waals surface area contributed by atoms with E-state index in [0.29, 0.717) is 5.82 Å². The van der Waals surface area contributed by atoms with Gasteiger partial charge in [0, 0.05) is 12.8 Å². The molecule has 0 aliphatic heterocycles. The van der Waals surface area contributed by atoms with E-state index in [4.69, 9.17) is 0 Å². The van der Waals surface area contributed by atoms with Crippen LogP contribution < -0.4 is 5.32 Å². The maximum Gasteiger partial charge on any atom is 0.220 e. The quantitative estimate of drug-likeness (QED) is 0.721. The summed E-state index contributed by atoms with van der Waals surface area (Å²) in [5, 5.41) is 6.08. The average Bonchev–Trinajstić information content (AvgIpc) is 2.63. The van der Waals surface area contributed by atoms with Crippen LogP contribution in [0.1, 0.15) is 25.6 Å². The molecule has 1 heterocycles. The zero-order valence-electron chi connectivity index (χ0n) is 7.82. The van der Waals surface area contributed by atoms with E-state index < -0.39 is 0 Å². The van der Waals surface area contributed by atoms with E-state index in [0.717, 1.165) is 0 Å². The van der Waals surface area contributed by atoms with Crippen molar-refractivity contribution in [1.82, 2.24) is 15.5 Å². The van der Waals surface area contributed by atoms with Gasteiger partial charge in [0.15, 0.2) is 5.82 Å². The SMILES string of the molecule is CC(=O)CCC(=O)NCc1ncon1. The predicted octanol–water partition coefficient (Wildman–Crippen LogP) is 0.0550. The van der Waals surface area contributed by atoms with Crippen LogP contribution in [0.15, 0.2) is 10.9 Å². The molecule has 0 bridgehead atoms. The molecule has 0 unspecified atom stereocenters. The van der Waals surface area contributed by atoms with Crippen LogP contribution in [-0.2, 0) is 16.1 Å². The maximum absolute atomic E-state index is 11.1. The van der Waals surface area contributed by atoms with Gasteiger partial charge in [-0.2, -0.15) is 4.98 Å². The Morgan fingerprint density at radius 1 is 1.50 bits per heavy atom. The van der Waals surface area contributed by atoms with E-state index in [1.54, 1.807) is 0 Å². The fourth-order valence-electron chi connectivity index (χ4n) is 0.826. The number of aromatic nitrogens is 2. The second kappa shape index (κ2) is 5.11. The summed E-state index contributed by atoms with van der Waals surface area (Å²) in [4.78, 5) is 25.4. The van der Waals surface area contributed by atoms with Crippen LogP contribution in [0, 0.1) is 0 Å². The molecule has 14 heavy (non-hydrogen) atoms. The number of hydrogen-bond acceptors (Lipinski definition) is 5. The summed E-state index contributed by atoms with van der Waals surface area (Å²) < 4.78 is 4.48. The van der Waals surface area contributed by atoms with Gasteiger partial charge < -0.3 is 14.6 Å². The molecule has 76 valence electrons. The van der Waals surface area contributed by atoms with E-state index in [1.165, 1.54) is 13.3 Å². The summed E-state index contributed by atoms with van der Waals surface area (Å²) in [5.74, 6) is 0.228. The number of rotatable bonds is 5. The summed E-state index contributed by atoms with van der Waals surface area (Å²) >= 11 is 0. The molecule has 0 aliphatic rings. The van der Waals surface area contributed by atoms with Crippen molar-refractivity contribution in [1.29, 1.82) is 0 Å². The molecule has 6 heteroatoms. The highest BCUT2D eigenvalue weighted by atomic mass is 16.5. The van der Waals surface area contributed by atoms with Gasteiger partial charge in [0.1, 0.15) is 5.78 Å². The van der Waals surface area contributed by atoms with Crippen LogP contribution >= 0.6 is 0 Å². The minimum Gasteiger partial charge on any atom is -0.349 e. The van der Waals surface area contributed by atoms with Crippen LogP contribution in [0.2, 0.25) is 0 Å². The summed E-state index contributed by atoms with van der Waals surface area (Å²) in [6, 6.07) is 0. The van der Waals surface area contributed by atoms with Gasteiger partial charge in [0.05, 0.1) is 6.54 Å². The second-order valence-corrected chi connectivity index (χ2v) is 2.83. The van der Waals surface area contributed by atoms with Gasteiger partial charge in [-0.3, -0.25) is 4.79 Å². The lowest BCUT2D eigenvalue weighted by molar-refractivity contribution is -0.124. The fraction of sp³-hybridized carbons (Fsp3) is 0.500. The Hall–Kier alpha value is -1.72. The number of Topliss-reactive ketones (excluding diaryl/α,β-unsaturated/α-hetero) is 1. The number of ketones is 1. The van der Waals surface area contributed by atoms with Gasteiger partial charge in [-0.15, -0.1) is 0 Å². The van der Waals surface area contributed by atoms with Gasteiger partial charge in [0.2, 0.25) is 12.3 Å². The average molecular weight is 197 g/mol. The Balaban J connectivity index is 2.18. The van der Waals surface area contributed by atoms with Crippen LogP contribution in [0.4, 0.5) is 0 Å². The van der Waals surface area contributed by atoms with E-state index in [-0.39, 0.29) is 31.1 Å². The Bertz CT molecular complexity index is 308. The lowest BCUT2D eigenvalue weighted by Crippen LogP contribution is -2.23. The number of hydrogen-bond donors (Lipinski definition) is 1. The number of nitrogens with zero attached hydrogens (tertiary/aromatic N) is 2. The van der Waals surface area contributed by atoms with E-state index in [9.17, 15) is 9.59 Å². The normalized spacial score (nSPS) is 9.79. The summed E-state index contributed by atoms with van der Waals surface area (Å²) in [6.45, 7) is 1.68. The van der Waals surface area contributed by atoms with Crippen molar-refractivity contribution in [3.63, 3.8) is 0 Å². The molecule has 1 aromatic heterocycles. The lowest BCUT2D eigenvalue weighted by Gasteiger charge is -1.99. The van der Waals surface area contributed by atoms with Crippen molar-refractivity contribution >= 4 is 11.7 Å². The largest absolute Gasteiger partial charge is 0.349 e. The minimum atomic E-state index is -0.190. The zero-order valence-corrected chi connectivity index (χ0v) is 7.82. The molecule has 1 amide bonds. The molecule has 1 N–H and O–H groups in total. The number of amides is 1. The van der Waals surface area contributed by atoms with Crippen molar-refractivity contribution in [3.8, 4) is 0 Å². The van der Waals surface area contributed by atoms with E-state index in [2.05, 4.69) is 20.0 Å². The molecule has 0 fully saturated rings. The monoisotopic (exact) mass is 197 g/mol. The smallest absolute Gasteiger partial charge is 0.220 e. The molecular formula is C8H11N3O3. The summed E-state index contributed by atoms with van der Waals surface area (Å²) in [7, 11) is 0. The maximum atomic E-state index is 11.1. The summed E-state index contributed by atoms with van der Waals surface area (Å²) in [6.07, 6.45) is 1.66. The van der Waals surface area contributed by atoms with Crippen LogP contribution in [-0.4, -0.2) is 21.8 Å². The highest BCUT2D eigenvalue weighted by Crippen LogP contribution is 1.92. The van der Waals surface area contributed by atoms with Crippen molar-refractivity contribution < 1.29 is 14.1 Å². The Kier molecular flexibility index (Phi) is 3.78. The Labute approximate surface area is 80.7 Å². The van der Waals surface area contributed by atoms with Crippen LogP contribution in [0.5, 0.6) is 0 Å². The van der Waals surface area contributed by atoms with E-state index in [1.807, 2.05) is 0 Å². The van der Waals surface area contributed by atoms with Crippen molar-refractivity contribution in [2.75, 3.05) is 0 Å². The zero-order chi connectivity index (χ0) is 10.4. The van der Waals surface area contributed by atoms with Gasteiger partial charge in [-0.1, -0.05) is 5.16 Å². The first-order chi connectivity index (χ1) is 6.68. The number of carbonyl (C=O) groups excluding carboxylic acids is 2. The molecule has 0 aromatic carbocycles. The molecular weight excluding hydrogens is 186 g/mol. The molecule has 0 saturated heterocycles.